The Labute approximate surface area is 68.3 Å². The molecule has 0 atom stereocenters. The lowest BCUT2D eigenvalue weighted by atomic mass is 9.80. The summed E-state index contributed by atoms with van der Waals surface area (Å²) in [7, 11) is -1.79. The van der Waals surface area contributed by atoms with Gasteiger partial charge in [-0.1, -0.05) is 0 Å². The van der Waals surface area contributed by atoms with Crippen LogP contribution in [-0.4, -0.2) is 32.5 Å². The van der Waals surface area contributed by atoms with E-state index in [0.717, 1.165) is 12.1 Å². The van der Waals surface area contributed by atoms with Crippen LogP contribution in [0.3, 0.4) is 0 Å². The minimum atomic E-state index is -1.79. The van der Waals surface area contributed by atoms with Crippen molar-refractivity contribution in [1.29, 1.82) is 0 Å². The van der Waals surface area contributed by atoms with Gasteiger partial charge < -0.3 is 25.4 Å². The molecule has 1 aromatic carbocycles. The highest BCUT2D eigenvalue weighted by atomic mass is 16.4. The van der Waals surface area contributed by atoms with E-state index in [0.29, 0.717) is 0 Å². The average molecular weight is 170 g/mol. The summed E-state index contributed by atoms with van der Waals surface area (Å²) in [6.07, 6.45) is 0. The minimum Gasteiger partial charge on any atom is -0.504 e. The lowest BCUT2D eigenvalue weighted by Gasteiger charge is -2.03. The van der Waals surface area contributed by atoms with Crippen LogP contribution in [0.5, 0.6) is 17.2 Å². The maximum atomic E-state index is 8.90. The number of aromatic hydroxyl groups is 3. The third-order valence-electron chi connectivity index (χ3n) is 1.39. The van der Waals surface area contributed by atoms with Crippen molar-refractivity contribution in [3.63, 3.8) is 0 Å². The van der Waals surface area contributed by atoms with Gasteiger partial charge in [0.05, 0.1) is 0 Å². The second-order valence-corrected chi connectivity index (χ2v) is 2.28. The molecule has 5 nitrogen and oxygen atoms in total. The Bertz CT molecular complexity index is 275. The van der Waals surface area contributed by atoms with Crippen LogP contribution in [0.2, 0.25) is 0 Å². The average Bonchev–Trinajstić information content (AvgIpc) is 1.99. The Morgan fingerprint density at radius 2 is 1.33 bits per heavy atom. The first-order chi connectivity index (χ1) is 5.52. The summed E-state index contributed by atoms with van der Waals surface area (Å²) < 4.78 is 0. The van der Waals surface area contributed by atoms with Crippen LogP contribution in [0.15, 0.2) is 12.1 Å². The minimum absolute atomic E-state index is 0.0946. The fourth-order valence-electron chi connectivity index (χ4n) is 0.774. The summed E-state index contributed by atoms with van der Waals surface area (Å²) in [5, 5.41) is 43.9. The number of hydrogen-bond acceptors (Lipinski definition) is 5. The van der Waals surface area contributed by atoms with Gasteiger partial charge in [-0.25, -0.2) is 0 Å². The molecule has 0 spiro atoms. The summed E-state index contributed by atoms with van der Waals surface area (Å²) in [4.78, 5) is 0. The molecule has 0 aromatic heterocycles. The Balaban J connectivity index is 3.21. The first-order valence-electron chi connectivity index (χ1n) is 3.13. The van der Waals surface area contributed by atoms with Gasteiger partial charge in [-0.2, -0.15) is 0 Å². The van der Waals surface area contributed by atoms with Crippen molar-refractivity contribution in [2.75, 3.05) is 0 Å². The van der Waals surface area contributed by atoms with Crippen LogP contribution >= 0.6 is 0 Å². The van der Waals surface area contributed by atoms with Crippen LogP contribution in [0.25, 0.3) is 0 Å². The SMILES string of the molecule is OB(O)c1cc(O)c(O)c(O)c1. The van der Waals surface area contributed by atoms with Crippen molar-refractivity contribution < 1.29 is 25.4 Å². The number of phenols is 3. The maximum Gasteiger partial charge on any atom is 0.488 e. The van der Waals surface area contributed by atoms with Gasteiger partial charge in [0.2, 0.25) is 0 Å². The summed E-state index contributed by atoms with van der Waals surface area (Å²) in [6.45, 7) is 0. The second kappa shape index (κ2) is 2.92. The van der Waals surface area contributed by atoms with E-state index < -0.39 is 24.4 Å². The largest absolute Gasteiger partial charge is 0.504 e. The molecule has 6 heteroatoms. The Kier molecular flexibility index (Phi) is 2.12. The molecule has 0 saturated heterocycles. The van der Waals surface area contributed by atoms with Crippen molar-refractivity contribution in [3.8, 4) is 17.2 Å². The highest BCUT2D eigenvalue weighted by Crippen LogP contribution is 2.32. The second-order valence-electron chi connectivity index (χ2n) is 2.28. The van der Waals surface area contributed by atoms with Gasteiger partial charge >= 0.3 is 7.12 Å². The van der Waals surface area contributed by atoms with Crippen LogP contribution in [0, 0.1) is 0 Å². The molecule has 0 heterocycles. The van der Waals surface area contributed by atoms with E-state index in [-0.39, 0.29) is 5.46 Å². The number of benzene rings is 1. The molecule has 64 valence electrons. The standard InChI is InChI=1S/C6H7BO5/c8-4-1-3(7(11)12)2-5(9)6(4)10/h1-2,8-12H. The molecule has 0 amide bonds. The van der Waals surface area contributed by atoms with Gasteiger partial charge in [-0.15, -0.1) is 0 Å². The highest BCUT2D eigenvalue weighted by molar-refractivity contribution is 6.58. The summed E-state index contributed by atoms with van der Waals surface area (Å²) >= 11 is 0. The summed E-state index contributed by atoms with van der Waals surface area (Å²) in [5.41, 5.74) is -0.0946. The van der Waals surface area contributed by atoms with E-state index in [9.17, 15) is 0 Å². The van der Waals surface area contributed by atoms with Gasteiger partial charge in [0, 0.05) is 0 Å². The van der Waals surface area contributed by atoms with Gasteiger partial charge in [0.1, 0.15) is 0 Å². The molecule has 0 aliphatic rings. The van der Waals surface area contributed by atoms with E-state index >= 15 is 0 Å². The Morgan fingerprint density at radius 3 is 1.67 bits per heavy atom. The molecule has 0 radical (unpaired) electrons. The van der Waals surface area contributed by atoms with E-state index in [1.54, 1.807) is 0 Å². The molecule has 1 rings (SSSR count). The smallest absolute Gasteiger partial charge is 0.488 e. The molecular formula is C6H7BO5. The van der Waals surface area contributed by atoms with Crippen molar-refractivity contribution in [1.82, 2.24) is 0 Å². The summed E-state index contributed by atoms with van der Waals surface area (Å²) in [6, 6.07) is 1.89. The van der Waals surface area contributed by atoms with Crippen LogP contribution in [0.4, 0.5) is 0 Å². The molecule has 0 bridgehead atoms. The zero-order valence-corrected chi connectivity index (χ0v) is 5.97. The fourth-order valence-corrected chi connectivity index (χ4v) is 0.774. The zero-order valence-electron chi connectivity index (χ0n) is 5.97. The predicted octanol–water partition coefficient (Wildman–Crippen LogP) is -1.52. The molecule has 1 aromatic rings. The first-order valence-corrected chi connectivity index (χ1v) is 3.13. The van der Waals surface area contributed by atoms with Crippen molar-refractivity contribution in [2.24, 2.45) is 0 Å². The third-order valence-corrected chi connectivity index (χ3v) is 1.39. The summed E-state index contributed by atoms with van der Waals surface area (Å²) in [5.74, 6) is -1.88. The molecule has 0 unspecified atom stereocenters. The van der Waals surface area contributed by atoms with Gasteiger partial charge in [0.15, 0.2) is 17.2 Å². The normalized spacial score (nSPS) is 9.83. The zero-order chi connectivity index (χ0) is 9.30. The molecule has 0 aliphatic carbocycles. The van der Waals surface area contributed by atoms with E-state index in [2.05, 4.69) is 0 Å². The third kappa shape index (κ3) is 1.44. The van der Waals surface area contributed by atoms with Gasteiger partial charge in [-0.3, -0.25) is 0 Å². The Morgan fingerprint density at radius 1 is 0.917 bits per heavy atom. The molecular weight excluding hydrogens is 163 g/mol. The monoisotopic (exact) mass is 170 g/mol. The molecule has 0 saturated carbocycles. The predicted molar refractivity (Wildman–Crippen MR) is 41.3 cm³/mol. The van der Waals surface area contributed by atoms with E-state index in [4.69, 9.17) is 25.4 Å². The van der Waals surface area contributed by atoms with Crippen molar-refractivity contribution in [2.45, 2.75) is 0 Å². The van der Waals surface area contributed by atoms with E-state index in [1.807, 2.05) is 0 Å². The van der Waals surface area contributed by atoms with Gasteiger partial charge in [-0.05, 0) is 17.6 Å². The van der Waals surface area contributed by atoms with Crippen LogP contribution in [-0.2, 0) is 0 Å². The number of rotatable bonds is 1. The molecule has 5 N–H and O–H groups in total. The first kappa shape index (κ1) is 8.70. The maximum absolute atomic E-state index is 8.90. The number of hydrogen-bond donors (Lipinski definition) is 5. The molecule has 0 aliphatic heterocycles. The lowest BCUT2D eigenvalue weighted by molar-refractivity contribution is 0.367. The van der Waals surface area contributed by atoms with Crippen LogP contribution < -0.4 is 5.46 Å². The van der Waals surface area contributed by atoms with Gasteiger partial charge in [0.25, 0.3) is 0 Å². The number of phenolic OH excluding ortho intramolecular Hbond substituents is 3. The lowest BCUT2D eigenvalue weighted by Crippen LogP contribution is -2.29. The van der Waals surface area contributed by atoms with Crippen molar-refractivity contribution in [3.05, 3.63) is 12.1 Å². The molecule has 12 heavy (non-hydrogen) atoms. The van der Waals surface area contributed by atoms with Crippen LogP contribution in [0.1, 0.15) is 0 Å². The Hall–Kier alpha value is -1.40. The molecule has 0 fully saturated rings. The van der Waals surface area contributed by atoms with E-state index in [1.165, 1.54) is 0 Å². The topological polar surface area (TPSA) is 101 Å². The fraction of sp³-hybridized carbons (Fsp3) is 0. The quantitative estimate of drug-likeness (QED) is 0.260. The highest BCUT2D eigenvalue weighted by Gasteiger charge is 2.16. The van der Waals surface area contributed by atoms with Crippen molar-refractivity contribution >= 4 is 12.6 Å².